The largest absolute Gasteiger partial charge is 0.360 e. The number of aromatic nitrogens is 2. The van der Waals surface area contributed by atoms with Crippen LogP contribution in [0.15, 0.2) is 12.4 Å². The molecule has 0 bridgehead atoms. The first-order chi connectivity index (χ1) is 7.12. The van der Waals surface area contributed by atoms with Gasteiger partial charge in [-0.25, -0.2) is 4.98 Å². The normalized spacial score (nSPS) is 13.1. The Labute approximate surface area is 90.5 Å². The number of imidazole rings is 1. The van der Waals surface area contributed by atoms with Gasteiger partial charge in [-0.15, -0.1) is 0 Å². The summed E-state index contributed by atoms with van der Waals surface area (Å²) in [5.41, 5.74) is -2.29. The van der Waals surface area contributed by atoms with E-state index in [2.05, 4.69) is 4.98 Å². The van der Waals surface area contributed by atoms with E-state index in [1.807, 2.05) is 5.32 Å². The molecule has 5 N–H and O–H groups in total. The van der Waals surface area contributed by atoms with Crippen LogP contribution in [0, 0.1) is 0 Å². The van der Waals surface area contributed by atoms with E-state index in [1.165, 1.54) is 24.0 Å². The molecule has 9 nitrogen and oxygen atoms in total. The van der Waals surface area contributed by atoms with E-state index in [-0.39, 0.29) is 5.95 Å². The van der Waals surface area contributed by atoms with Crippen molar-refractivity contribution in [3.8, 4) is 0 Å². The fourth-order valence-corrected chi connectivity index (χ4v) is 3.12. The van der Waals surface area contributed by atoms with E-state index in [0.29, 0.717) is 0 Å². The van der Waals surface area contributed by atoms with Crippen LogP contribution in [0.25, 0.3) is 0 Å². The molecule has 0 saturated heterocycles. The maximum Gasteiger partial charge on any atom is 0.360 e. The molecule has 11 heteroatoms. The molecular weight excluding hydrogens is 260 g/mol. The molecule has 1 rings (SSSR count). The Morgan fingerprint density at radius 1 is 1.31 bits per heavy atom. The molecule has 0 aliphatic carbocycles. The number of rotatable bonds is 4. The van der Waals surface area contributed by atoms with Crippen molar-refractivity contribution in [2.75, 3.05) is 5.32 Å². The summed E-state index contributed by atoms with van der Waals surface area (Å²) in [6.45, 7) is 0. The van der Waals surface area contributed by atoms with Crippen molar-refractivity contribution >= 4 is 21.1 Å². The number of aryl methyl sites for hydroxylation is 1. The number of nitrogens with one attached hydrogen (secondary N) is 1. The Kier molecular flexibility index (Phi) is 3.59. The first-order valence-corrected chi connectivity index (χ1v) is 7.33. The van der Waals surface area contributed by atoms with Crippen molar-refractivity contribution in [3.63, 3.8) is 0 Å². The maximum atomic E-state index is 10.9. The van der Waals surface area contributed by atoms with E-state index in [0.717, 1.165) is 0 Å². The van der Waals surface area contributed by atoms with E-state index >= 15 is 0 Å². The Balaban J connectivity index is 3.03. The Hall–Kier alpha value is -0.690. The summed E-state index contributed by atoms with van der Waals surface area (Å²) in [6, 6.07) is 0. The molecule has 0 aliphatic heterocycles. The van der Waals surface area contributed by atoms with Crippen LogP contribution in [0.5, 0.6) is 0 Å². The van der Waals surface area contributed by atoms with Crippen LogP contribution in [0.4, 0.5) is 5.95 Å². The molecule has 0 unspecified atom stereocenters. The van der Waals surface area contributed by atoms with Crippen LogP contribution in [0.3, 0.4) is 0 Å². The molecule has 0 atom stereocenters. The highest BCUT2D eigenvalue weighted by atomic mass is 31.2. The van der Waals surface area contributed by atoms with E-state index in [1.54, 1.807) is 0 Å². The quantitative estimate of drug-likeness (QED) is 0.459. The first-order valence-electron chi connectivity index (χ1n) is 3.96. The van der Waals surface area contributed by atoms with Gasteiger partial charge < -0.3 is 29.5 Å². The predicted octanol–water partition coefficient (Wildman–Crippen LogP) is -0.529. The minimum absolute atomic E-state index is 0.0448. The molecule has 0 aliphatic rings. The summed E-state index contributed by atoms with van der Waals surface area (Å²) >= 11 is 0. The fraction of sp³-hybridized carbons (Fsp3) is 0.400. The number of nitrogens with zero attached hydrogens (tertiary/aromatic N) is 2. The zero-order valence-electron chi connectivity index (χ0n) is 8.13. The zero-order chi connectivity index (χ0) is 12.6. The second-order valence-electron chi connectivity index (χ2n) is 3.06. The van der Waals surface area contributed by atoms with Gasteiger partial charge in [0.2, 0.25) is 11.5 Å². The lowest BCUT2D eigenvalue weighted by Crippen LogP contribution is -2.21. The summed E-state index contributed by atoms with van der Waals surface area (Å²) < 4.78 is 23.2. The lowest BCUT2D eigenvalue weighted by atomic mass is 10.9. The van der Waals surface area contributed by atoms with Gasteiger partial charge in [0.25, 0.3) is 0 Å². The molecule has 0 saturated carbocycles. The summed E-state index contributed by atoms with van der Waals surface area (Å²) in [5, 5.41) is 2.03. The standard InChI is InChI=1S/C5H11N3O6P2/c1-8-3-2-6-4(8)7-5(15(9,10)11)16(12,13)14/h2-3,5H,1H3,(H,6,7)(H2,9,10,11)(H2,12,13,14). The summed E-state index contributed by atoms with van der Waals surface area (Å²) in [5.74, 6) is -0.0448. The monoisotopic (exact) mass is 271 g/mol. The fourth-order valence-electron chi connectivity index (χ4n) is 0.984. The van der Waals surface area contributed by atoms with Crippen LogP contribution in [-0.4, -0.2) is 34.6 Å². The van der Waals surface area contributed by atoms with Gasteiger partial charge in [-0.1, -0.05) is 0 Å². The number of anilines is 1. The average molecular weight is 271 g/mol. The second kappa shape index (κ2) is 4.29. The molecule has 1 aromatic heterocycles. The van der Waals surface area contributed by atoms with Gasteiger partial charge >= 0.3 is 15.2 Å². The highest BCUT2D eigenvalue weighted by Crippen LogP contribution is 2.59. The van der Waals surface area contributed by atoms with Gasteiger partial charge in [-0.05, 0) is 0 Å². The molecule has 0 aromatic carbocycles. The molecule has 1 heterocycles. The Morgan fingerprint density at radius 3 is 2.12 bits per heavy atom. The van der Waals surface area contributed by atoms with Crippen molar-refractivity contribution in [2.45, 2.75) is 5.52 Å². The topological polar surface area (TPSA) is 145 Å². The Morgan fingerprint density at radius 2 is 1.81 bits per heavy atom. The minimum atomic E-state index is -4.99. The third-order valence-electron chi connectivity index (χ3n) is 1.72. The average Bonchev–Trinajstić information content (AvgIpc) is 2.42. The van der Waals surface area contributed by atoms with Crippen molar-refractivity contribution in [2.24, 2.45) is 7.05 Å². The van der Waals surface area contributed by atoms with Gasteiger partial charge in [0.05, 0.1) is 0 Å². The van der Waals surface area contributed by atoms with Gasteiger partial charge in [-0.2, -0.15) is 0 Å². The van der Waals surface area contributed by atoms with Gasteiger partial charge in [-0.3, -0.25) is 9.13 Å². The second-order valence-corrected chi connectivity index (χ2v) is 6.85. The smallest absolute Gasteiger partial charge is 0.332 e. The SMILES string of the molecule is Cn1ccnc1NC(P(=O)(O)O)P(=O)(O)O. The maximum absolute atomic E-state index is 10.9. The lowest BCUT2D eigenvalue weighted by molar-refractivity contribution is 0.343. The van der Waals surface area contributed by atoms with Crippen LogP contribution in [0.2, 0.25) is 0 Å². The van der Waals surface area contributed by atoms with Gasteiger partial charge in [0.15, 0.2) is 0 Å². The van der Waals surface area contributed by atoms with Crippen LogP contribution in [-0.2, 0) is 16.2 Å². The van der Waals surface area contributed by atoms with Crippen LogP contribution >= 0.6 is 15.2 Å². The van der Waals surface area contributed by atoms with Crippen LogP contribution < -0.4 is 5.32 Å². The first kappa shape index (κ1) is 13.4. The van der Waals surface area contributed by atoms with E-state index < -0.39 is 20.7 Å². The van der Waals surface area contributed by atoms with Crippen molar-refractivity contribution < 1.29 is 28.7 Å². The van der Waals surface area contributed by atoms with Crippen molar-refractivity contribution in [3.05, 3.63) is 12.4 Å². The van der Waals surface area contributed by atoms with Crippen molar-refractivity contribution in [1.82, 2.24) is 9.55 Å². The van der Waals surface area contributed by atoms with E-state index in [4.69, 9.17) is 19.6 Å². The number of hydrogen-bond donors (Lipinski definition) is 5. The molecule has 16 heavy (non-hydrogen) atoms. The molecular formula is C5H11N3O6P2. The summed E-state index contributed by atoms with van der Waals surface area (Å²) in [7, 11) is -8.47. The highest BCUT2D eigenvalue weighted by molar-refractivity contribution is 7.71. The van der Waals surface area contributed by atoms with Crippen LogP contribution in [0.1, 0.15) is 0 Å². The zero-order valence-corrected chi connectivity index (χ0v) is 9.92. The highest BCUT2D eigenvalue weighted by Gasteiger charge is 2.44. The van der Waals surface area contributed by atoms with Gasteiger partial charge in [0, 0.05) is 19.4 Å². The van der Waals surface area contributed by atoms with Crippen molar-refractivity contribution in [1.29, 1.82) is 0 Å². The minimum Gasteiger partial charge on any atom is -0.332 e. The van der Waals surface area contributed by atoms with Gasteiger partial charge in [0.1, 0.15) is 0 Å². The summed E-state index contributed by atoms with van der Waals surface area (Å²) in [4.78, 5) is 38.9. The third kappa shape index (κ3) is 3.15. The summed E-state index contributed by atoms with van der Waals surface area (Å²) in [6.07, 6.45) is 2.78. The third-order valence-corrected chi connectivity index (χ3v) is 5.05. The lowest BCUT2D eigenvalue weighted by Gasteiger charge is -2.20. The molecule has 1 aromatic rings. The predicted molar refractivity (Wildman–Crippen MR) is 54.7 cm³/mol. The Bertz CT molecular complexity index is 438. The molecule has 0 fully saturated rings. The molecule has 0 amide bonds. The van der Waals surface area contributed by atoms with E-state index in [9.17, 15) is 9.13 Å². The molecule has 0 spiro atoms. The molecule has 92 valence electrons. The molecule has 0 radical (unpaired) electrons. The number of hydrogen-bond acceptors (Lipinski definition) is 4.